The highest BCUT2D eigenvalue weighted by Crippen LogP contribution is 2.49. The maximum Gasteiger partial charge on any atom is 0.321 e. The van der Waals surface area contributed by atoms with Gasteiger partial charge in [-0.3, -0.25) is 9.69 Å². The van der Waals surface area contributed by atoms with Crippen molar-refractivity contribution >= 4 is 27.6 Å². The molecule has 39 heavy (non-hydrogen) atoms. The highest BCUT2D eigenvalue weighted by molar-refractivity contribution is 7.90. The molecular weight excluding hydrogens is 514 g/mol. The molecule has 10 heteroatoms. The SMILES string of the molecule is CN(C)[C@]1(c2ccccc2)CC[C@]2(CC1)CN(CC(=O)Nc1ccc(S(C)(=O)=O)cn1)C(=O)N2CC1CCC1. The molecule has 1 aliphatic heterocycles. The fourth-order valence-electron chi connectivity index (χ4n) is 6.54. The van der Waals surface area contributed by atoms with E-state index in [0.717, 1.165) is 51.3 Å². The lowest BCUT2D eigenvalue weighted by Gasteiger charge is -2.51. The molecule has 1 N–H and O–H groups in total. The second-order valence-corrected chi connectivity index (χ2v) is 13.8. The summed E-state index contributed by atoms with van der Waals surface area (Å²) in [5.41, 5.74) is 0.952. The Kier molecular flexibility index (Phi) is 7.45. The summed E-state index contributed by atoms with van der Waals surface area (Å²) in [6.07, 6.45) is 9.50. The fourth-order valence-corrected chi connectivity index (χ4v) is 7.10. The van der Waals surface area contributed by atoms with E-state index in [0.29, 0.717) is 12.5 Å². The second-order valence-electron chi connectivity index (χ2n) is 11.8. The lowest BCUT2D eigenvalue weighted by Crippen LogP contribution is -2.56. The third-order valence-corrected chi connectivity index (χ3v) is 10.3. The summed E-state index contributed by atoms with van der Waals surface area (Å²) in [6.45, 7) is 1.23. The predicted molar refractivity (Wildman–Crippen MR) is 150 cm³/mol. The predicted octanol–water partition coefficient (Wildman–Crippen LogP) is 3.73. The highest BCUT2D eigenvalue weighted by atomic mass is 32.2. The number of nitrogens with zero attached hydrogens (tertiary/aromatic N) is 4. The minimum Gasteiger partial charge on any atom is -0.317 e. The van der Waals surface area contributed by atoms with E-state index in [-0.39, 0.29) is 40.3 Å². The lowest BCUT2D eigenvalue weighted by molar-refractivity contribution is -0.116. The van der Waals surface area contributed by atoms with Crippen LogP contribution in [0.4, 0.5) is 10.6 Å². The number of aromatic nitrogens is 1. The van der Waals surface area contributed by atoms with E-state index in [1.165, 1.54) is 30.3 Å². The van der Waals surface area contributed by atoms with E-state index in [1.54, 1.807) is 4.90 Å². The van der Waals surface area contributed by atoms with E-state index in [2.05, 4.69) is 58.5 Å². The van der Waals surface area contributed by atoms with Gasteiger partial charge in [0.25, 0.3) is 0 Å². The summed E-state index contributed by atoms with van der Waals surface area (Å²) in [7, 11) is 0.914. The van der Waals surface area contributed by atoms with Gasteiger partial charge in [0.2, 0.25) is 5.91 Å². The largest absolute Gasteiger partial charge is 0.321 e. The Morgan fingerprint density at radius 2 is 1.77 bits per heavy atom. The Morgan fingerprint density at radius 3 is 2.31 bits per heavy atom. The van der Waals surface area contributed by atoms with Gasteiger partial charge in [-0.25, -0.2) is 18.2 Å². The Bertz CT molecular complexity index is 1300. The zero-order valence-electron chi connectivity index (χ0n) is 23.1. The van der Waals surface area contributed by atoms with Crippen LogP contribution in [0.15, 0.2) is 53.6 Å². The number of hydrogen-bond donors (Lipinski definition) is 1. The van der Waals surface area contributed by atoms with Crippen LogP contribution in [0.1, 0.15) is 50.5 Å². The van der Waals surface area contributed by atoms with Gasteiger partial charge in [-0.1, -0.05) is 36.8 Å². The molecule has 2 saturated carbocycles. The number of carbonyl (C=O) groups excluding carboxylic acids is 2. The first kappa shape index (κ1) is 27.6. The van der Waals surface area contributed by atoms with Gasteiger partial charge in [0, 0.05) is 31.1 Å². The average Bonchev–Trinajstić information content (AvgIpc) is 3.11. The van der Waals surface area contributed by atoms with Gasteiger partial charge >= 0.3 is 6.03 Å². The van der Waals surface area contributed by atoms with Crippen molar-refractivity contribution < 1.29 is 18.0 Å². The Hall–Kier alpha value is -2.98. The third kappa shape index (κ3) is 5.41. The zero-order chi connectivity index (χ0) is 27.8. The van der Waals surface area contributed by atoms with Crippen molar-refractivity contribution in [2.45, 2.75) is 60.9 Å². The number of hydrogen-bond acceptors (Lipinski definition) is 6. The summed E-state index contributed by atoms with van der Waals surface area (Å²) in [6, 6.07) is 13.5. The van der Waals surface area contributed by atoms with Crippen molar-refractivity contribution in [2.24, 2.45) is 5.92 Å². The molecule has 3 aliphatic rings. The van der Waals surface area contributed by atoms with Crippen LogP contribution in [-0.4, -0.2) is 85.6 Å². The van der Waals surface area contributed by atoms with Gasteiger partial charge in [-0.2, -0.15) is 0 Å². The molecule has 3 fully saturated rings. The van der Waals surface area contributed by atoms with E-state index < -0.39 is 9.84 Å². The molecule has 1 aromatic heterocycles. The number of rotatable bonds is 8. The van der Waals surface area contributed by atoms with Gasteiger partial charge in [-0.05, 0) is 76.2 Å². The maximum atomic E-state index is 13.7. The summed E-state index contributed by atoms with van der Waals surface area (Å²) in [5, 5.41) is 2.72. The molecule has 0 radical (unpaired) electrons. The van der Waals surface area contributed by atoms with Gasteiger partial charge in [0.15, 0.2) is 9.84 Å². The van der Waals surface area contributed by atoms with Crippen molar-refractivity contribution in [3.8, 4) is 0 Å². The quantitative estimate of drug-likeness (QED) is 0.535. The average molecular weight is 554 g/mol. The molecule has 3 amide bonds. The molecule has 2 aromatic rings. The molecule has 5 rings (SSSR count). The number of benzene rings is 1. The van der Waals surface area contributed by atoms with Crippen molar-refractivity contribution in [3.05, 3.63) is 54.2 Å². The zero-order valence-corrected chi connectivity index (χ0v) is 23.9. The Morgan fingerprint density at radius 1 is 1.08 bits per heavy atom. The number of sulfone groups is 1. The summed E-state index contributed by atoms with van der Waals surface area (Å²) >= 11 is 0. The molecule has 2 aliphatic carbocycles. The first-order chi connectivity index (χ1) is 18.5. The lowest BCUT2D eigenvalue weighted by atomic mass is 9.68. The molecule has 1 aromatic carbocycles. The smallest absolute Gasteiger partial charge is 0.317 e. The van der Waals surface area contributed by atoms with Crippen LogP contribution in [0.3, 0.4) is 0 Å². The van der Waals surface area contributed by atoms with E-state index in [4.69, 9.17) is 0 Å². The minimum absolute atomic E-state index is 0.0607. The van der Waals surface area contributed by atoms with Crippen LogP contribution < -0.4 is 5.32 Å². The van der Waals surface area contributed by atoms with Gasteiger partial charge in [-0.15, -0.1) is 0 Å². The van der Waals surface area contributed by atoms with Crippen molar-refractivity contribution in [3.63, 3.8) is 0 Å². The van der Waals surface area contributed by atoms with Crippen LogP contribution >= 0.6 is 0 Å². The van der Waals surface area contributed by atoms with E-state index >= 15 is 0 Å². The topological polar surface area (TPSA) is 103 Å². The van der Waals surface area contributed by atoms with Crippen LogP contribution in [0.2, 0.25) is 0 Å². The van der Waals surface area contributed by atoms with Gasteiger partial charge in [0.05, 0.1) is 10.4 Å². The highest BCUT2D eigenvalue weighted by Gasteiger charge is 2.55. The van der Waals surface area contributed by atoms with E-state index in [9.17, 15) is 18.0 Å². The minimum atomic E-state index is -3.37. The number of carbonyl (C=O) groups is 2. The molecule has 1 spiro atoms. The molecule has 0 atom stereocenters. The maximum absolute atomic E-state index is 13.7. The van der Waals surface area contributed by atoms with Gasteiger partial charge < -0.3 is 15.1 Å². The number of pyridine rings is 1. The Balaban J connectivity index is 1.31. The molecular formula is C29H39N5O4S. The van der Waals surface area contributed by atoms with Crippen LogP contribution in [0, 0.1) is 5.92 Å². The number of amides is 3. The van der Waals surface area contributed by atoms with Crippen molar-refractivity contribution in [1.82, 2.24) is 19.7 Å². The first-order valence-corrected chi connectivity index (χ1v) is 15.7. The van der Waals surface area contributed by atoms with Crippen LogP contribution in [-0.2, 0) is 20.2 Å². The number of urea groups is 1. The molecule has 9 nitrogen and oxygen atoms in total. The fraction of sp³-hybridized carbons (Fsp3) is 0.552. The standard InChI is InChI=1S/C29H39N5O4S/c1-32(2)29(23-10-5-4-6-11-23)16-14-28(15-17-29)21-33(27(36)34(28)19-22-8-7-9-22)20-26(35)31-25-13-12-24(18-30-25)39(3,37)38/h4-6,10-13,18,22H,7-9,14-17,19-21H2,1-3H3,(H,30,31,35)/t28-,29+. The summed E-state index contributed by atoms with van der Waals surface area (Å²) in [5.74, 6) is 0.453. The monoisotopic (exact) mass is 553 g/mol. The van der Waals surface area contributed by atoms with Crippen LogP contribution in [0.25, 0.3) is 0 Å². The van der Waals surface area contributed by atoms with E-state index in [1.807, 2.05) is 6.07 Å². The number of nitrogens with one attached hydrogen (secondary N) is 1. The summed E-state index contributed by atoms with van der Waals surface area (Å²) < 4.78 is 23.4. The molecule has 210 valence electrons. The molecule has 2 heterocycles. The third-order valence-electron chi connectivity index (χ3n) is 9.17. The molecule has 0 unspecified atom stereocenters. The molecule has 1 saturated heterocycles. The van der Waals surface area contributed by atoms with Crippen molar-refractivity contribution in [2.75, 3.05) is 45.3 Å². The summed E-state index contributed by atoms with van der Waals surface area (Å²) in [4.78, 5) is 37.0. The van der Waals surface area contributed by atoms with Crippen molar-refractivity contribution in [1.29, 1.82) is 0 Å². The molecule has 0 bridgehead atoms. The first-order valence-electron chi connectivity index (χ1n) is 13.8. The normalized spacial score (nSPS) is 25.8. The second kappa shape index (κ2) is 10.5. The number of anilines is 1. The van der Waals surface area contributed by atoms with Gasteiger partial charge in [0.1, 0.15) is 12.4 Å². The Labute approximate surface area is 231 Å². The van der Waals surface area contributed by atoms with Crippen LogP contribution in [0.5, 0.6) is 0 Å².